The van der Waals surface area contributed by atoms with Gasteiger partial charge < -0.3 is 18.9 Å². The van der Waals surface area contributed by atoms with Gasteiger partial charge in [-0.05, 0) is 6.92 Å². The largest absolute Gasteiger partial charge is 0.463 e. The van der Waals surface area contributed by atoms with Crippen LogP contribution in [0.1, 0.15) is 19.8 Å². The van der Waals surface area contributed by atoms with Crippen molar-refractivity contribution in [3.05, 3.63) is 0 Å². The Labute approximate surface area is 88.6 Å². The van der Waals surface area contributed by atoms with Gasteiger partial charge in [-0.15, -0.1) is 0 Å². The molecule has 1 atom stereocenters. The van der Waals surface area contributed by atoms with Crippen molar-refractivity contribution in [2.75, 3.05) is 26.4 Å². The van der Waals surface area contributed by atoms with Crippen LogP contribution in [0, 0.1) is 0 Å². The van der Waals surface area contributed by atoms with E-state index in [0.717, 1.165) is 0 Å². The predicted octanol–water partition coefficient (Wildman–Crippen LogP) is 0.472. The highest BCUT2D eigenvalue weighted by Crippen LogP contribution is 2.24. The van der Waals surface area contributed by atoms with E-state index in [9.17, 15) is 4.79 Å². The van der Waals surface area contributed by atoms with Crippen molar-refractivity contribution in [3.63, 3.8) is 0 Å². The van der Waals surface area contributed by atoms with Crippen molar-refractivity contribution < 1.29 is 23.7 Å². The summed E-state index contributed by atoms with van der Waals surface area (Å²) in [6.45, 7) is 4.12. The van der Waals surface area contributed by atoms with E-state index in [-0.39, 0.29) is 12.1 Å². The van der Waals surface area contributed by atoms with Crippen LogP contribution in [-0.2, 0) is 23.7 Å². The number of carbonyl (C=O) groups is 1. The lowest BCUT2D eigenvalue weighted by atomic mass is 10.2. The highest BCUT2D eigenvalue weighted by Gasteiger charge is 2.32. The lowest BCUT2D eigenvalue weighted by Crippen LogP contribution is -2.26. The summed E-state index contributed by atoms with van der Waals surface area (Å²) >= 11 is 0. The first-order valence-electron chi connectivity index (χ1n) is 5.23. The first-order valence-corrected chi connectivity index (χ1v) is 5.23. The maximum absolute atomic E-state index is 11.3. The topological polar surface area (TPSA) is 57.3 Å². The monoisotopic (exact) mass is 216 g/mol. The van der Waals surface area contributed by atoms with Crippen molar-refractivity contribution >= 4 is 5.97 Å². The Morgan fingerprint density at radius 3 is 2.73 bits per heavy atom. The number of epoxide rings is 1. The average molecular weight is 216 g/mol. The number of carbonyl (C=O) groups excluding carboxylic acids is 1. The van der Waals surface area contributed by atoms with Gasteiger partial charge >= 0.3 is 5.97 Å². The summed E-state index contributed by atoms with van der Waals surface area (Å²) in [5.74, 6) is -0.819. The molecule has 15 heavy (non-hydrogen) atoms. The molecule has 5 heteroatoms. The first kappa shape index (κ1) is 10.9. The summed E-state index contributed by atoms with van der Waals surface area (Å²) in [5, 5.41) is 0. The van der Waals surface area contributed by atoms with Crippen LogP contribution in [0.5, 0.6) is 0 Å². The molecule has 2 saturated heterocycles. The number of esters is 1. The smallest absolute Gasteiger partial charge is 0.306 e. The van der Waals surface area contributed by atoms with Gasteiger partial charge in [0.15, 0.2) is 5.79 Å². The molecule has 2 aliphatic heterocycles. The normalized spacial score (nSPS) is 27.7. The molecule has 2 fully saturated rings. The zero-order valence-corrected chi connectivity index (χ0v) is 8.86. The zero-order chi connectivity index (χ0) is 10.7. The van der Waals surface area contributed by atoms with Crippen LogP contribution in [0.15, 0.2) is 0 Å². The van der Waals surface area contributed by atoms with E-state index in [1.807, 2.05) is 6.92 Å². The summed E-state index contributed by atoms with van der Waals surface area (Å²) in [6.07, 6.45) is 0.990. The number of hydrogen-bond acceptors (Lipinski definition) is 5. The standard InChI is InChI=1S/C10H16O5/c1-10(14-4-5-15-10)3-2-9(11)13-7-8-6-12-8/h8H,2-7H2,1H3. The summed E-state index contributed by atoms with van der Waals surface area (Å²) < 4.78 is 20.7. The van der Waals surface area contributed by atoms with Crippen molar-refractivity contribution in [3.8, 4) is 0 Å². The molecule has 2 aliphatic rings. The van der Waals surface area contributed by atoms with Crippen LogP contribution >= 0.6 is 0 Å². The second-order valence-corrected chi connectivity index (χ2v) is 3.97. The van der Waals surface area contributed by atoms with E-state index in [4.69, 9.17) is 18.9 Å². The molecule has 0 radical (unpaired) electrons. The van der Waals surface area contributed by atoms with Crippen LogP contribution in [0.2, 0.25) is 0 Å². The molecule has 0 spiro atoms. The van der Waals surface area contributed by atoms with Gasteiger partial charge in [-0.25, -0.2) is 0 Å². The fraction of sp³-hybridized carbons (Fsp3) is 0.900. The van der Waals surface area contributed by atoms with Crippen LogP contribution in [-0.4, -0.2) is 44.3 Å². The minimum absolute atomic E-state index is 0.128. The summed E-state index contributed by atoms with van der Waals surface area (Å²) in [4.78, 5) is 11.3. The van der Waals surface area contributed by atoms with Crippen molar-refractivity contribution in [2.24, 2.45) is 0 Å². The second kappa shape index (κ2) is 4.47. The Balaban J connectivity index is 1.60. The molecule has 0 saturated carbocycles. The lowest BCUT2D eigenvalue weighted by molar-refractivity contribution is -0.161. The molecule has 0 N–H and O–H groups in total. The Hall–Kier alpha value is -0.650. The van der Waals surface area contributed by atoms with Crippen LogP contribution in [0.25, 0.3) is 0 Å². The van der Waals surface area contributed by atoms with Gasteiger partial charge in [-0.3, -0.25) is 4.79 Å². The van der Waals surface area contributed by atoms with Gasteiger partial charge in [0.1, 0.15) is 12.7 Å². The second-order valence-electron chi connectivity index (χ2n) is 3.97. The van der Waals surface area contributed by atoms with Gasteiger partial charge in [0.05, 0.1) is 26.2 Å². The maximum atomic E-state index is 11.3. The minimum Gasteiger partial charge on any atom is -0.463 e. The van der Waals surface area contributed by atoms with E-state index in [1.165, 1.54) is 0 Å². The van der Waals surface area contributed by atoms with E-state index < -0.39 is 5.79 Å². The van der Waals surface area contributed by atoms with Gasteiger partial charge in [0, 0.05) is 6.42 Å². The molecule has 1 unspecified atom stereocenters. The summed E-state index contributed by atoms with van der Waals surface area (Å²) in [5.41, 5.74) is 0. The van der Waals surface area contributed by atoms with Crippen LogP contribution < -0.4 is 0 Å². The third-order valence-corrected chi connectivity index (χ3v) is 2.51. The van der Waals surface area contributed by atoms with E-state index in [1.54, 1.807) is 0 Å². The fourth-order valence-corrected chi connectivity index (χ4v) is 1.45. The third-order valence-electron chi connectivity index (χ3n) is 2.51. The Bertz CT molecular complexity index is 230. The average Bonchev–Trinajstić information content (AvgIpc) is 2.95. The molecule has 0 aromatic heterocycles. The summed E-state index contributed by atoms with van der Waals surface area (Å²) in [7, 11) is 0. The predicted molar refractivity (Wildman–Crippen MR) is 50.2 cm³/mol. The Morgan fingerprint density at radius 1 is 1.47 bits per heavy atom. The zero-order valence-electron chi connectivity index (χ0n) is 8.86. The Morgan fingerprint density at radius 2 is 2.13 bits per heavy atom. The molecule has 86 valence electrons. The SMILES string of the molecule is CC1(CCC(=O)OCC2CO2)OCCO1. The number of hydrogen-bond donors (Lipinski definition) is 0. The molecular weight excluding hydrogens is 200 g/mol. The quantitative estimate of drug-likeness (QED) is 0.494. The molecule has 0 amide bonds. The van der Waals surface area contributed by atoms with Crippen molar-refractivity contribution in [2.45, 2.75) is 31.7 Å². The van der Waals surface area contributed by atoms with E-state index in [2.05, 4.69) is 0 Å². The first-order chi connectivity index (χ1) is 7.18. The highest BCUT2D eigenvalue weighted by atomic mass is 16.7. The Kier molecular flexibility index (Phi) is 3.23. The lowest BCUT2D eigenvalue weighted by Gasteiger charge is -2.21. The molecule has 0 bridgehead atoms. The molecule has 2 heterocycles. The molecular formula is C10H16O5. The molecule has 0 aromatic carbocycles. The molecule has 0 aliphatic carbocycles. The molecule has 5 nitrogen and oxygen atoms in total. The number of rotatable bonds is 5. The van der Waals surface area contributed by atoms with Gasteiger partial charge in [0.2, 0.25) is 0 Å². The fourth-order valence-electron chi connectivity index (χ4n) is 1.45. The highest BCUT2D eigenvalue weighted by molar-refractivity contribution is 5.69. The van der Waals surface area contributed by atoms with Gasteiger partial charge in [-0.1, -0.05) is 0 Å². The van der Waals surface area contributed by atoms with Crippen molar-refractivity contribution in [1.82, 2.24) is 0 Å². The molecule has 0 aromatic rings. The third kappa shape index (κ3) is 3.44. The van der Waals surface area contributed by atoms with Gasteiger partial charge in [0.25, 0.3) is 0 Å². The maximum Gasteiger partial charge on any atom is 0.306 e. The number of ether oxygens (including phenoxy) is 4. The van der Waals surface area contributed by atoms with Crippen LogP contribution in [0.3, 0.4) is 0 Å². The summed E-state index contributed by atoms with van der Waals surface area (Å²) in [6, 6.07) is 0. The van der Waals surface area contributed by atoms with E-state index >= 15 is 0 Å². The van der Waals surface area contributed by atoms with Crippen LogP contribution in [0.4, 0.5) is 0 Å². The van der Waals surface area contributed by atoms with Crippen molar-refractivity contribution in [1.29, 1.82) is 0 Å². The minimum atomic E-state index is -0.602. The van der Waals surface area contributed by atoms with E-state index in [0.29, 0.717) is 39.3 Å². The van der Waals surface area contributed by atoms with Gasteiger partial charge in [-0.2, -0.15) is 0 Å². The molecule has 2 rings (SSSR count).